The fourth-order valence-electron chi connectivity index (χ4n) is 6.07. The summed E-state index contributed by atoms with van der Waals surface area (Å²) in [7, 11) is 0. The summed E-state index contributed by atoms with van der Waals surface area (Å²) < 4.78 is 0. The number of para-hydroxylation sites is 1. The van der Waals surface area contributed by atoms with Crippen molar-refractivity contribution in [1.82, 2.24) is 25.0 Å². The summed E-state index contributed by atoms with van der Waals surface area (Å²) in [5.74, 6) is 0.465. The lowest BCUT2D eigenvalue weighted by Gasteiger charge is -2.40. The number of carbonyl (C=O) groups is 2. The predicted octanol–water partition coefficient (Wildman–Crippen LogP) is 0.785. The van der Waals surface area contributed by atoms with Crippen LogP contribution in [0.15, 0.2) is 30.6 Å². The van der Waals surface area contributed by atoms with Gasteiger partial charge in [0.1, 0.15) is 11.9 Å². The molecule has 5 heterocycles. The van der Waals surface area contributed by atoms with Crippen molar-refractivity contribution >= 4 is 23.5 Å². The fraction of sp³-hybridized carbons (Fsp3) is 0.524. The zero-order valence-corrected chi connectivity index (χ0v) is 16.8. The molecule has 6 rings (SSSR count). The number of hydrogen-bond donors (Lipinski definition) is 2. The van der Waals surface area contributed by atoms with Crippen molar-refractivity contribution in [2.24, 2.45) is 5.92 Å². The van der Waals surface area contributed by atoms with Gasteiger partial charge in [-0.05, 0) is 31.9 Å². The molecule has 0 unspecified atom stereocenters. The van der Waals surface area contributed by atoms with E-state index in [1.54, 1.807) is 0 Å². The van der Waals surface area contributed by atoms with Gasteiger partial charge in [0.25, 0.3) is 0 Å². The summed E-state index contributed by atoms with van der Waals surface area (Å²) in [5, 5.41) is 9.88. The summed E-state index contributed by atoms with van der Waals surface area (Å²) in [6.07, 6.45) is 4.39. The van der Waals surface area contributed by atoms with Crippen LogP contribution in [0.5, 0.6) is 0 Å². The van der Waals surface area contributed by atoms with Crippen LogP contribution in [0.2, 0.25) is 0 Å². The number of carbonyl (C=O) groups excluding carboxylic acids is 2. The summed E-state index contributed by atoms with van der Waals surface area (Å²) in [6.45, 7) is 3.53. The minimum Gasteiger partial charge on any atom is -0.339 e. The van der Waals surface area contributed by atoms with Crippen molar-refractivity contribution < 1.29 is 9.59 Å². The first-order chi connectivity index (χ1) is 14.7. The zero-order valence-electron chi connectivity index (χ0n) is 16.8. The molecule has 3 fully saturated rings. The minimum atomic E-state index is -0.864. The maximum Gasteiger partial charge on any atom is 0.250 e. The molecule has 2 N–H and O–H groups in total. The molecule has 4 aliphatic rings. The predicted molar refractivity (Wildman–Crippen MR) is 110 cm³/mol. The zero-order chi connectivity index (χ0) is 20.3. The van der Waals surface area contributed by atoms with Gasteiger partial charge in [-0.25, -0.2) is 5.10 Å². The van der Waals surface area contributed by atoms with Gasteiger partial charge in [-0.1, -0.05) is 18.2 Å². The number of amides is 2. The molecule has 0 radical (unpaired) electrons. The first-order valence-electron chi connectivity index (χ1n) is 10.8. The number of anilines is 2. The molecule has 9 heteroatoms. The molecule has 1 aromatic carbocycles. The molecular formula is C21H25N7O2. The van der Waals surface area contributed by atoms with E-state index in [-0.39, 0.29) is 17.7 Å². The Morgan fingerprint density at radius 1 is 1.13 bits per heavy atom. The lowest BCUT2D eigenvalue weighted by Crippen LogP contribution is -2.57. The second-order valence-electron chi connectivity index (χ2n) is 8.67. The lowest BCUT2D eigenvalue weighted by atomic mass is 9.78. The van der Waals surface area contributed by atoms with Crippen molar-refractivity contribution in [2.45, 2.75) is 30.8 Å². The van der Waals surface area contributed by atoms with E-state index in [4.69, 9.17) is 0 Å². The summed E-state index contributed by atoms with van der Waals surface area (Å²) in [4.78, 5) is 37.8. The number of rotatable bonds is 2. The van der Waals surface area contributed by atoms with Crippen LogP contribution < -0.4 is 10.2 Å². The molecular weight excluding hydrogens is 382 g/mol. The van der Waals surface area contributed by atoms with Crippen LogP contribution in [0.25, 0.3) is 0 Å². The van der Waals surface area contributed by atoms with Crippen molar-refractivity contribution in [2.75, 3.05) is 42.9 Å². The number of benzene rings is 1. The van der Waals surface area contributed by atoms with E-state index in [1.807, 2.05) is 29.2 Å². The molecule has 0 bridgehead atoms. The minimum absolute atomic E-state index is 0.0354. The number of aromatic amines is 1. The van der Waals surface area contributed by atoms with Crippen LogP contribution in [-0.2, 0) is 15.1 Å². The Balaban J connectivity index is 1.31. The van der Waals surface area contributed by atoms with Gasteiger partial charge >= 0.3 is 0 Å². The standard InChI is InChI=1S/C21H25N7O2/c29-18(26-8-10-27(11-9-26)20-22-13-23-25-20)16-12-14-4-3-7-28(14)21(16)15-5-1-2-6-17(15)24-19(21)30/h1-2,5-6,13-14,16H,3-4,7-12H2,(H,24,30)(H,22,23,25)/t14-,16+,21+/m1/s1. The van der Waals surface area contributed by atoms with Gasteiger partial charge in [0.2, 0.25) is 17.8 Å². The quantitative estimate of drug-likeness (QED) is 0.764. The Bertz CT molecular complexity index is 985. The lowest BCUT2D eigenvalue weighted by molar-refractivity contribution is -0.144. The monoisotopic (exact) mass is 407 g/mol. The van der Waals surface area contributed by atoms with Crippen LogP contribution in [0.3, 0.4) is 0 Å². The molecule has 0 saturated carbocycles. The highest BCUT2D eigenvalue weighted by atomic mass is 16.2. The first-order valence-corrected chi connectivity index (χ1v) is 10.8. The van der Waals surface area contributed by atoms with E-state index in [9.17, 15) is 9.59 Å². The van der Waals surface area contributed by atoms with Crippen molar-refractivity contribution in [3.63, 3.8) is 0 Å². The fourth-order valence-corrected chi connectivity index (χ4v) is 6.07. The van der Waals surface area contributed by atoms with Crippen molar-refractivity contribution in [3.05, 3.63) is 36.2 Å². The smallest absolute Gasteiger partial charge is 0.250 e. The van der Waals surface area contributed by atoms with Crippen LogP contribution in [0.1, 0.15) is 24.8 Å². The molecule has 2 aromatic rings. The molecule has 4 aliphatic heterocycles. The number of nitrogens with zero attached hydrogens (tertiary/aromatic N) is 5. The van der Waals surface area contributed by atoms with Crippen LogP contribution in [-0.4, -0.2) is 75.6 Å². The highest BCUT2D eigenvalue weighted by molar-refractivity contribution is 6.09. The SMILES string of the molecule is O=C([C@@H]1C[C@H]2CCCN2[C@]12C(=O)Nc1ccccc12)N1CCN(c2ncn[nH]2)CC1. The highest BCUT2D eigenvalue weighted by Crippen LogP contribution is 2.55. The Kier molecular flexibility index (Phi) is 3.89. The van der Waals surface area contributed by atoms with Crippen molar-refractivity contribution in [1.29, 1.82) is 0 Å². The topological polar surface area (TPSA) is 97.5 Å². The average Bonchev–Trinajstić information content (AvgIpc) is 3.54. The van der Waals surface area contributed by atoms with Crippen molar-refractivity contribution in [3.8, 4) is 0 Å². The third kappa shape index (κ3) is 2.32. The Morgan fingerprint density at radius 2 is 1.97 bits per heavy atom. The third-order valence-corrected chi connectivity index (χ3v) is 7.37. The first kappa shape index (κ1) is 17.9. The van der Waals surface area contributed by atoms with E-state index in [2.05, 4.69) is 30.3 Å². The van der Waals surface area contributed by atoms with E-state index < -0.39 is 5.54 Å². The van der Waals surface area contributed by atoms with Gasteiger partial charge < -0.3 is 15.1 Å². The van der Waals surface area contributed by atoms with Crippen LogP contribution in [0, 0.1) is 5.92 Å². The van der Waals surface area contributed by atoms with Gasteiger partial charge in [-0.3, -0.25) is 14.5 Å². The molecule has 3 atom stereocenters. The summed E-state index contributed by atoms with van der Waals surface area (Å²) >= 11 is 0. The number of aromatic nitrogens is 3. The Labute approximate surface area is 174 Å². The number of fused-ring (bicyclic) bond motifs is 4. The molecule has 1 aromatic heterocycles. The number of H-pyrrole nitrogens is 1. The van der Waals surface area contributed by atoms with E-state index in [0.29, 0.717) is 32.2 Å². The summed E-state index contributed by atoms with van der Waals surface area (Å²) in [5.41, 5.74) is 0.956. The molecule has 0 aliphatic carbocycles. The van der Waals surface area contributed by atoms with Gasteiger partial charge in [0.05, 0.1) is 5.92 Å². The molecule has 3 saturated heterocycles. The number of hydrogen-bond acceptors (Lipinski definition) is 6. The Hall–Kier alpha value is -2.94. The Morgan fingerprint density at radius 3 is 2.77 bits per heavy atom. The average molecular weight is 407 g/mol. The van der Waals surface area contributed by atoms with Gasteiger partial charge in [-0.15, -0.1) is 0 Å². The van der Waals surface area contributed by atoms with E-state index >= 15 is 0 Å². The molecule has 2 amide bonds. The van der Waals surface area contributed by atoms with Crippen LogP contribution >= 0.6 is 0 Å². The van der Waals surface area contributed by atoms with Crippen LogP contribution in [0.4, 0.5) is 11.6 Å². The van der Waals surface area contributed by atoms with Gasteiger partial charge in [0.15, 0.2) is 0 Å². The normalized spacial score (nSPS) is 30.6. The van der Waals surface area contributed by atoms with E-state index in [1.165, 1.54) is 6.33 Å². The molecule has 156 valence electrons. The maximum absolute atomic E-state index is 13.8. The van der Waals surface area contributed by atoms with Gasteiger partial charge in [-0.2, -0.15) is 10.1 Å². The third-order valence-electron chi connectivity index (χ3n) is 7.37. The maximum atomic E-state index is 13.8. The molecule has 1 spiro atoms. The van der Waals surface area contributed by atoms with E-state index in [0.717, 1.165) is 43.0 Å². The highest BCUT2D eigenvalue weighted by Gasteiger charge is 2.65. The number of piperazine rings is 1. The second-order valence-corrected chi connectivity index (χ2v) is 8.67. The summed E-state index contributed by atoms with van der Waals surface area (Å²) in [6, 6.07) is 8.18. The van der Waals surface area contributed by atoms with Gasteiger partial charge in [0, 0.05) is 43.5 Å². The largest absolute Gasteiger partial charge is 0.339 e. The second kappa shape index (κ2) is 6.53. The molecule has 30 heavy (non-hydrogen) atoms. The molecule has 9 nitrogen and oxygen atoms in total. The number of nitrogens with one attached hydrogen (secondary N) is 2.